The Bertz CT molecular complexity index is 446. The highest BCUT2D eigenvalue weighted by atomic mass is 127. The minimum absolute atomic E-state index is 0.274. The number of rotatable bonds is 3. The second kappa shape index (κ2) is 7.67. The highest BCUT2D eigenvalue weighted by molar-refractivity contribution is 14.1. The van der Waals surface area contributed by atoms with E-state index in [2.05, 4.69) is 34.2 Å². The predicted octanol–water partition coefficient (Wildman–Crippen LogP) is 2.32. The van der Waals surface area contributed by atoms with Crippen LogP contribution in [-0.2, 0) is 4.74 Å². The van der Waals surface area contributed by atoms with E-state index in [1.807, 2.05) is 25.7 Å². The molecule has 1 fully saturated rings. The normalized spacial score (nSPS) is 17.7. The molecule has 0 radical (unpaired) electrons. The maximum absolute atomic E-state index is 11.9. The van der Waals surface area contributed by atoms with Gasteiger partial charge >= 0.3 is 6.09 Å². The van der Waals surface area contributed by atoms with Crippen molar-refractivity contribution in [1.29, 1.82) is 0 Å². The molecule has 1 rings (SSSR count). The van der Waals surface area contributed by atoms with Crippen molar-refractivity contribution < 1.29 is 9.53 Å². The lowest BCUT2D eigenvalue weighted by atomic mass is 10.2. The van der Waals surface area contributed by atoms with Gasteiger partial charge in [0.05, 0.1) is 6.20 Å². The molecule has 0 saturated carbocycles. The quantitative estimate of drug-likeness (QED) is 0.577. The number of halogens is 1. The number of nitrogens with two attached hydrogens (primary N) is 1. The fourth-order valence-corrected chi connectivity index (χ4v) is 1.88. The number of carbonyl (C=O) groups excluding carboxylic acids is 1. The Kier molecular flexibility index (Phi) is 6.50. The Balaban J connectivity index is 2.52. The van der Waals surface area contributed by atoms with E-state index in [0.29, 0.717) is 32.0 Å². The topological polar surface area (TPSA) is 71.2 Å². The molecule has 1 amide bonds. The van der Waals surface area contributed by atoms with Gasteiger partial charge in [-0.05, 0) is 49.4 Å². The third kappa shape index (κ3) is 6.36. The fourth-order valence-electron chi connectivity index (χ4n) is 1.74. The second-order valence-corrected chi connectivity index (χ2v) is 6.77. The first-order valence-electron chi connectivity index (χ1n) is 6.77. The molecule has 0 unspecified atom stereocenters. The van der Waals surface area contributed by atoms with E-state index in [1.54, 1.807) is 17.2 Å². The number of aliphatic imine (C=N–C) groups is 1. The zero-order valence-corrected chi connectivity index (χ0v) is 15.0. The Morgan fingerprint density at radius 2 is 1.81 bits per heavy atom. The number of ether oxygens (including phenoxy) is 1. The number of nitrogens with zero attached hydrogens (tertiary/aromatic N) is 3. The van der Waals surface area contributed by atoms with Crippen LogP contribution in [0.3, 0.4) is 0 Å². The maximum atomic E-state index is 11.9. The van der Waals surface area contributed by atoms with E-state index in [4.69, 9.17) is 10.5 Å². The van der Waals surface area contributed by atoms with Crippen LogP contribution in [0.4, 0.5) is 4.79 Å². The Hall–Kier alpha value is -1.25. The molecule has 21 heavy (non-hydrogen) atoms. The Morgan fingerprint density at radius 1 is 1.29 bits per heavy atom. The van der Waals surface area contributed by atoms with Crippen molar-refractivity contribution in [2.75, 3.05) is 26.2 Å². The Labute approximate surface area is 139 Å². The van der Waals surface area contributed by atoms with Crippen molar-refractivity contribution in [2.24, 2.45) is 10.7 Å². The van der Waals surface area contributed by atoms with Gasteiger partial charge in [0.25, 0.3) is 0 Å². The van der Waals surface area contributed by atoms with Crippen LogP contribution >= 0.6 is 22.6 Å². The van der Waals surface area contributed by atoms with Gasteiger partial charge in [-0.3, -0.25) is 0 Å². The molecule has 0 bridgehead atoms. The number of piperazine rings is 1. The van der Waals surface area contributed by atoms with Crippen LogP contribution in [-0.4, -0.2) is 51.4 Å². The van der Waals surface area contributed by atoms with Crippen molar-refractivity contribution >= 4 is 32.4 Å². The van der Waals surface area contributed by atoms with Crippen molar-refractivity contribution in [2.45, 2.75) is 26.4 Å². The second-order valence-electron chi connectivity index (χ2n) is 5.66. The zero-order valence-electron chi connectivity index (χ0n) is 12.8. The summed E-state index contributed by atoms with van der Waals surface area (Å²) in [7, 11) is 0. The van der Waals surface area contributed by atoms with Crippen LogP contribution in [0, 0.1) is 0 Å². The molecule has 2 N–H and O–H groups in total. The summed E-state index contributed by atoms with van der Waals surface area (Å²) in [6.07, 6.45) is 3.00. The minimum Gasteiger partial charge on any atom is -0.444 e. The first kappa shape index (κ1) is 17.8. The van der Waals surface area contributed by atoms with Crippen LogP contribution in [0.1, 0.15) is 20.8 Å². The molecule has 1 heterocycles. The summed E-state index contributed by atoms with van der Waals surface area (Å²) < 4.78 is 6.14. The van der Waals surface area contributed by atoms with Crippen LogP contribution < -0.4 is 5.73 Å². The third-order valence-corrected chi connectivity index (χ3v) is 3.50. The van der Waals surface area contributed by atoms with Crippen molar-refractivity contribution in [3.05, 3.63) is 24.7 Å². The van der Waals surface area contributed by atoms with Crippen molar-refractivity contribution in [3.8, 4) is 0 Å². The van der Waals surface area contributed by atoms with Gasteiger partial charge in [-0.2, -0.15) is 0 Å². The molecule has 0 aliphatic carbocycles. The van der Waals surface area contributed by atoms with E-state index >= 15 is 0 Å². The van der Waals surface area contributed by atoms with Crippen molar-refractivity contribution in [1.82, 2.24) is 9.80 Å². The highest BCUT2D eigenvalue weighted by Crippen LogP contribution is 2.13. The van der Waals surface area contributed by atoms with Gasteiger partial charge in [-0.1, -0.05) is 6.58 Å². The molecular weight excluding hydrogens is 383 g/mol. The van der Waals surface area contributed by atoms with Gasteiger partial charge in [0.1, 0.15) is 15.1 Å². The first-order chi connectivity index (χ1) is 9.73. The minimum atomic E-state index is -0.469. The van der Waals surface area contributed by atoms with Crippen LogP contribution in [0.5, 0.6) is 0 Å². The van der Waals surface area contributed by atoms with E-state index in [0.717, 1.165) is 3.72 Å². The molecular formula is C14H23IN4O2. The number of amides is 1. The fraction of sp³-hybridized carbons (Fsp3) is 0.571. The number of allylic oxidation sites excluding steroid dienone is 1. The summed E-state index contributed by atoms with van der Waals surface area (Å²) in [5, 5.41) is 0. The molecule has 1 aliphatic heterocycles. The van der Waals surface area contributed by atoms with E-state index in [1.165, 1.54) is 0 Å². The summed E-state index contributed by atoms with van der Waals surface area (Å²) in [5.74, 6) is 0.592. The van der Waals surface area contributed by atoms with Crippen molar-refractivity contribution in [3.63, 3.8) is 0 Å². The standard InChI is InChI=1S/C14H23IN4O2/c1-5-11(15)17-10-12(16)18-6-8-19(9-7-18)13(20)21-14(2,3)4/h5,10H,1,6-9,16H2,2-4H3/b12-10+,17-11?. The largest absolute Gasteiger partial charge is 0.444 e. The lowest BCUT2D eigenvalue weighted by Gasteiger charge is -2.36. The maximum Gasteiger partial charge on any atom is 0.410 e. The lowest BCUT2D eigenvalue weighted by Crippen LogP contribution is -2.50. The number of hydrogen-bond donors (Lipinski definition) is 1. The molecule has 7 heteroatoms. The number of carbonyl (C=O) groups is 1. The van der Waals surface area contributed by atoms with Gasteiger partial charge in [-0.15, -0.1) is 0 Å². The van der Waals surface area contributed by atoms with Gasteiger partial charge in [0.2, 0.25) is 0 Å². The molecule has 0 spiro atoms. The molecule has 1 aliphatic rings. The smallest absolute Gasteiger partial charge is 0.410 e. The molecule has 0 aromatic carbocycles. The summed E-state index contributed by atoms with van der Waals surface area (Å²) in [6.45, 7) is 11.7. The van der Waals surface area contributed by atoms with Crippen LogP contribution in [0.25, 0.3) is 0 Å². The summed E-state index contributed by atoms with van der Waals surface area (Å²) in [4.78, 5) is 19.8. The van der Waals surface area contributed by atoms with Gasteiger partial charge in [-0.25, -0.2) is 9.79 Å². The van der Waals surface area contributed by atoms with Gasteiger partial charge < -0.3 is 20.3 Å². The average Bonchev–Trinajstić information content (AvgIpc) is 2.42. The lowest BCUT2D eigenvalue weighted by molar-refractivity contribution is 0.0168. The van der Waals surface area contributed by atoms with Crippen LogP contribution in [0.15, 0.2) is 29.7 Å². The predicted molar refractivity (Wildman–Crippen MR) is 93.3 cm³/mol. The number of hydrogen-bond acceptors (Lipinski definition) is 5. The highest BCUT2D eigenvalue weighted by Gasteiger charge is 2.25. The van der Waals surface area contributed by atoms with E-state index in [-0.39, 0.29) is 6.09 Å². The molecule has 6 nitrogen and oxygen atoms in total. The van der Waals surface area contributed by atoms with Crippen LogP contribution in [0.2, 0.25) is 0 Å². The average molecular weight is 406 g/mol. The molecule has 118 valence electrons. The SMILES string of the molecule is C=CC(I)=N/C=C(\N)N1CCN(C(=O)OC(C)(C)C)CC1. The monoisotopic (exact) mass is 406 g/mol. The zero-order chi connectivity index (χ0) is 16.0. The first-order valence-corrected chi connectivity index (χ1v) is 7.85. The molecule has 1 saturated heterocycles. The molecule has 0 aromatic rings. The molecule has 0 aromatic heterocycles. The van der Waals surface area contributed by atoms with Gasteiger partial charge in [0, 0.05) is 26.2 Å². The summed E-state index contributed by atoms with van der Waals surface area (Å²) in [6, 6.07) is 0. The van der Waals surface area contributed by atoms with E-state index in [9.17, 15) is 4.79 Å². The van der Waals surface area contributed by atoms with Gasteiger partial charge in [0.15, 0.2) is 0 Å². The third-order valence-electron chi connectivity index (χ3n) is 2.79. The summed E-state index contributed by atoms with van der Waals surface area (Å²) in [5.41, 5.74) is 5.51. The molecule has 0 atom stereocenters. The summed E-state index contributed by atoms with van der Waals surface area (Å²) >= 11 is 2.08. The van der Waals surface area contributed by atoms with E-state index < -0.39 is 5.60 Å². The Morgan fingerprint density at radius 3 is 2.29 bits per heavy atom.